The Balaban J connectivity index is 1.51. The fraction of sp³-hybridized carbons (Fsp3) is 0.417. The van der Waals surface area contributed by atoms with Gasteiger partial charge in [0.05, 0.1) is 10.8 Å². The first-order valence-corrected chi connectivity index (χ1v) is 13.1. The van der Waals surface area contributed by atoms with Crippen LogP contribution in [0.4, 0.5) is 16.3 Å². The summed E-state index contributed by atoms with van der Waals surface area (Å²) < 4.78 is 31.5. The minimum atomic E-state index is -3.00. The van der Waals surface area contributed by atoms with Crippen molar-refractivity contribution in [2.75, 3.05) is 50.7 Å². The van der Waals surface area contributed by atoms with Crippen molar-refractivity contribution in [3.63, 3.8) is 0 Å². The molecule has 0 spiro atoms. The van der Waals surface area contributed by atoms with E-state index in [-0.39, 0.29) is 19.2 Å². The molecule has 1 fully saturated rings. The van der Waals surface area contributed by atoms with Crippen molar-refractivity contribution in [2.24, 2.45) is 5.41 Å². The first kappa shape index (κ1) is 27.3. The maximum atomic E-state index is 13.7. The number of hydrogen-bond donors (Lipinski definition) is 4. The average Bonchev–Trinajstić information content (AvgIpc) is 3.28. The summed E-state index contributed by atoms with van der Waals surface area (Å²) in [5.41, 5.74) is 1.40. The lowest BCUT2D eigenvalue weighted by Crippen LogP contribution is -2.52. The SMILES string of the molecule is Cc1c[nH]c2ncnc(N3CCC(CNCO[SH](=O)=O)(C(=O)Nc4cccc(OC(=O)N(C)C)c4)CC3)c12. The van der Waals surface area contributed by atoms with E-state index < -0.39 is 22.5 Å². The van der Waals surface area contributed by atoms with Crippen LogP contribution in [0.2, 0.25) is 0 Å². The number of thiol groups is 1. The number of piperidine rings is 1. The van der Waals surface area contributed by atoms with E-state index in [2.05, 4.69) is 34.7 Å². The lowest BCUT2D eigenvalue weighted by atomic mass is 9.77. The van der Waals surface area contributed by atoms with E-state index in [9.17, 15) is 18.0 Å². The topological polar surface area (TPSA) is 159 Å². The Bertz CT molecular complexity index is 1370. The summed E-state index contributed by atoms with van der Waals surface area (Å²) in [6.07, 6.45) is 3.81. The summed E-state index contributed by atoms with van der Waals surface area (Å²) in [6, 6.07) is 6.59. The zero-order chi connectivity index (χ0) is 27.3. The summed E-state index contributed by atoms with van der Waals surface area (Å²) in [5.74, 6) is 0.863. The van der Waals surface area contributed by atoms with Crippen LogP contribution in [0.25, 0.3) is 11.0 Å². The van der Waals surface area contributed by atoms with Crippen molar-refractivity contribution in [2.45, 2.75) is 19.8 Å². The van der Waals surface area contributed by atoms with Crippen molar-refractivity contribution in [3.05, 3.63) is 42.4 Å². The van der Waals surface area contributed by atoms with Crippen LogP contribution in [-0.4, -0.2) is 80.7 Å². The standard InChI is InChI=1S/C24H31N7O6S/c1-16-12-26-20-19(16)21(28-14-27-20)31-9-7-24(8-10-31,13-25-15-36-38(34)35)22(32)29-17-5-4-6-18(11-17)37-23(33)30(2)3/h4-6,11-12,14,25,38H,7-10,13,15H2,1-3H3,(H,29,32)(H,26,27,28). The van der Waals surface area contributed by atoms with Gasteiger partial charge in [0.2, 0.25) is 5.91 Å². The molecule has 2 aromatic heterocycles. The fourth-order valence-corrected chi connectivity index (χ4v) is 4.65. The van der Waals surface area contributed by atoms with Gasteiger partial charge >= 0.3 is 6.09 Å². The third-order valence-corrected chi connectivity index (χ3v) is 6.89. The van der Waals surface area contributed by atoms with Crippen LogP contribution >= 0.6 is 0 Å². The number of nitrogens with one attached hydrogen (secondary N) is 3. The number of H-pyrrole nitrogens is 1. The Morgan fingerprint density at radius 2 is 1.97 bits per heavy atom. The van der Waals surface area contributed by atoms with E-state index >= 15 is 0 Å². The Morgan fingerprint density at radius 3 is 2.68 bits per heavy atom. The Hall–Kier alpha value is -3.75. The number of amides is 2. The molecule has 0 aliphatic carbocycles. The molecule has 2 amide bonds. The number of hydrogen-bond acceptors (Lipinski definition) is 10. The number of benzene rings is 1. The molecule has 0 atom stereocenters. The number of aromatic amines is 1. The average molecular weight is 546 g/mol. The zero-order valence-electron chi connectivity index (χ0n) is 21.4. The normalized spacial score (nSPS) is 15.0. The maximum absolute atomic E-state index is 13.7. The molecule has 0 saturated carbocycles. The molecule has 13 nitrogen and oxygen atoms in total. The number of carbonyl (C=O) groups is 2. The number of ether oxygens (including phenoxy) is 1. The van der Waals surface area contributed by atoms with Gasteiger partial charge in [0.15, 0.2) is 0 Å². The second-order valence-electron chi connectivity index (χ2n) is 9.33. The monoisotopic (exact) mass is 545 g/mol. The predicted octanol–water partition coefficient (Wildman–Crippen LogP) is 1.64. The van der Waals surface area contributed by atoms with Crippen LogP contribution in [0, 0.1) is 12.3 Å². The van der Waals surface area contributed by atoms with Crippen LogP contribution in [-0.2, 0) is 20.0 Å². The molecule has 204 valence electrons. The van der Waals surface area contributed by atoms with Gasteiger partial charge in [-0.15, -0.1) is 0 Å². The van der Waals surface area contributed by atoms with E-state index in [4.69, 9.17) is 4.74 Å². The predicted molar refractivity (Wildman–Crippen MR) is 142 cm³/mol. The van der Waals surface area contributed by atoms with E-state index in [1.165, 1.54) is 11.2 Å². The van der Waals surface area contributed by atoms with Crippen molar-refractivity contribution < 1.29 is 26.9 Å². The van der Waals surface area contributed by atoms with Gasteiger partial charge in [-0.3, -0.25) is 14.3 Å². The van der Waals surface area contributed by atoms with E-state index in [0.29, 0.717) is 37.4 Å². The fourth-order valence-electron chi connectivity index (χ4n) is 4.45. The number of anilines is 2. The second-order valence-corrected chi connectivity index (χ2v) is 10.0. The molecule has 0 unspecified atom stereocenters. The Morgan fingerprint density at radius 1 is 1.21 bits per heavy atom. The van der Waals surface area contributed by atoms with Crippen LogP contribution in [0.15, 0.2) is 36.8 Å². The quantitative estimate of drug-likeness (QED) is 0.177. The van der Waals surface area contributed by atoms with E-state index in [1.807, 2.05) is 13.1 Å². The molecule has 1 aliphatic rings. The molecule has 38 heavy (non-hydrogen) atoms. The van der Waals surface area contributed by atoms with Crippen molar-refractivity contribution in [3.8, 4) is 5.75 Å². The van der Waals surface area contributed by atoms with E-state index in [1.54, 1.807) is 38.4 Å². The molecular formula is C24H31N7O6S. The smallest absolute Gasteiger partial charge is 0.410 e. The van der Waals surface area contributed by atoms with Crippen LogP contribution in [0.5, 0.6) is 5.75 Å². The van der Waals surface area contributed by atoms with Gasteiger partial charge in [0, 0.05) is 51.7 Å². The molecule has 3 aromatic rings. The van der Waals surface area contributed by atoms with Crippen molar-refractivity contribution in [1.82, 2.24) is 25.2 Å². The van der Waals surface area contributed by atoms with Crippen molar-refractivity contribution in [1.29, 1.82) is 0 Å². The molecule has 3 heterocycles. The number of aromatic nitrogens is 3. The number of fused-ring (bicyclic) bond motifs is 1. The molecule has 0 bridgehead atoms. The molecule has 14 heteroatoms. The lowest BCUT2D eigenvalue weighted by molar-refractivity contribution is -0.126. The van der Waals surface area contributed by atoms with Gasteiger partial charge in [-0.25, -0.2) is 23.2 Å². The molecule has 0 radical (unpaired) electrons. The largest absolute Gasteiger partial charge is 0.414 e. The van der Waals surface area contributed by atoms with Gasteiger partial charge in [0.1, 0.15) is 30.3 Å². The minimum Gasteiger partial charge on any atom is -0.410 e. The Labute approximate surface area is 221 Å². The Kier molecular flexibility index (Phi) is 8.44. The molecule has 1 saturated heterocycles. The van der Waals surface area contributed by atoms with Gasteiger partial charge < -0.3 is 24.8 Å². The second kappa shape index (κ2) is 11.8. The third kappa shape index (κ3) is 6.20. The highest BCUT2D eigenvalue weighted by Gasteiger charge is 2.42. The maximum Gasteiger partial charge on any atom is 0.414 e. The molecular weight excluding hydrogens is 514 g/mol. The first-order valence-electron chi connectivity index (χ1n) is 12.0. The molecule has 4 rings (SSSR count). The highest BCUT2D eigenvalue weighted by Crippen LogP contribution is 2.36. The number of aryl methyl sites for hydroxylation is 1. The number of nitrogens with zero attached hydrogens (tertiary/aromatic N) is 4. The van der Waals surface area contributed by atoms with Gasteiger partial charge in [-0.2, -0.15) is 0 Å². The molecule has 3 N–H and O–H groups in total. The van der Waals surface area contributed by atoms with Crippen LogP contribution in [0.1, 0.15) is 18.4 Å². The summed E-state index contributed by atoms with van der Waals surface area (Å²) in [7, 11) is 0.151. The molecule has 1 aromatic carbocycles. The van der Waals surface area contributed by atoms with E-state index in [0.717, 1.165) is 22.4 Å². The van der Waals surface area contributed by atoms with Gasteiger partial charge in [-0.05, 0) is 37.5 Å². The minimum absolute atomic E-state index is 0.202. The summed E-state index contributed by atoms with van der Waals surface area (Å²) >= 11 is 0. The third-order valence-electron chi connectivity index (χ3n) is 6.55. The summed E-state index contributed by atoms with van der Waals surface area (Å²) in [5, 5.41) is 6.83. The van der Waals surface area contributed by atoms with Gasteiger partial charge in [0.25, 0.3) is 11.0 Å². The summed E-state index contributed by atoms with van der Waals surface area (Å²) in [4.78, 5) is 40.9. The van der Waals surface area contributed by atoms with Crippen LogP contribution in [0.3, 0.4) is 0 Å². The highest BCUT2D eigenvalue weighted by atomic mass is 32.2. The summed E-state index contributed by atoms with van der Waals surface area (Å²) in [6.45, 7) is 3.05. The zero-order valence-corrected chi connectivity index (χ0v) is 22.3. The first-order chi connectivity index (χ1) is 18.2. The molecule has 1 aliphatic heterocycles. The van der Waals surface area contributed by atoms with Crippen LogP contribution < -0.4 is 20.3 Å². The number of rotatable bonds is 9. The highest BCUT2D eigenvalue weighted by molar-refractivity contribution is 7.67. The van der Waals surface area contributed by atoms with Gasteiger partial charge in [-0.1, -0.05) is 6.07 Å². The lowest BCUT2D eigenvalue weighted by Gasteiger charge is -2.41. The van der Waals surface area contributed by atoms with Crippen molar-refractivity contribution >= 4 is 45.5 Å². The number of carbonyl (C=O) groups excluding carboxylic acids is 2.